The van der Waals surface area contributed by atoms with Crippen LogP contribution in [0.1, 0.15) is 18.9 Å². The average molecular weight is 379 g/mol. The number of thioether (sulfide) groups is 1. The molecule has 2 rings (SSSR count). The van der Waals surface area contributed by atoms with Crippen molar-refractivity contribution in [2.24, 2.45) is 10.2 Å². The molecule has 0 aromatic heterocycles. The van der Waals surface area contributed by atoms with E-state index in [-0.39, 0.29) is 11.6 Å². The van der Waals surface area contributed by atoms with Crippen molar-refractivity contribution in [1.29, 1.82) is 0 Å². The minimum atomic E-state index is -1.05. The monoisotopic (exact) mass is 379 g/mol. The molecule has 0 aliphatic carbocycles. The number of esters is 1. The Morgan fingerprint density at radius 1 is 1.38 bits per heavy atom. The molecule has 26 heavy (non-hydrogen) atoms. The van der Waals surface area contributed by atoms with Gasteiger partial charge in [0.05, 0.1) is 19.7 Å². The van der Waals surface area contributed by atoms with E-state index in [4.69, 9.17) is 9.84 Å². The number of nitrogens with one attached hydrogen (secondary N) is 1. The van der Waals surface area contributed by atoms with Crippen molar-refractivity contribution in [3.05, 3.63) is 29.8 Å². The molecule has 9 nitrogen and oxygen atoms in total. The van der Waals surface area contributed by atoms with Crippen LogP contribution in [0.15, 0.2) is 34.5 Å². The van der Waals surface area contributed by atoms with Crippen LogP contribution >= 0.6 is 11.8 Å². The van der Waals surface area contributed by atoms with Crippen molar-refractivity contribution in [1.82, 2.24) is 5.32 Å². The zero-order valence-electron chi connectivity index (χ0n) is 14.0. The average Bonchev–Trinajstić information content (AvgIpc) is 2.94. The van der Waals surface area contributed by atoms with E-state index in [2.05, 4.69) is 20.3 Å². The number of carboxylic acids is 1. The van der Waals surface area contributed by atoms with Gasteiger partial charge in [-0.25, -0.2) is 4.79 Å². The first-order valence-electron chi connectivity index (χ1n) is 7.54. The van der Waals surface area contributed by atoms with Gasteiger partial charge in [0.25, 0.3) is 0 Å². The molecule has 1 amide bonds. The van der Waals surface area contributed by atoms with Crippen LogP contribution in [0.4, 0.5) is 0 Å². The third-order valence-electron chi connectivity index (χ3n) is 3.22. The fraction of sp³-hybridized carbons (Fsp3) is 0.312. The number of nitrogens with zero attached hydrogens (tertiary/aromatic N) is 2. The van der Waals surface area contributed by atoms with Crippen molar-refractivity contribution in [2.75, 3.05) is 7.11 Å². The normalized spacial score (nSPS) is 19.4. The second-order valence-corrected chi connectivity index (χ2v) is 6.39. The summed E-state index contributed by atoms with van der Waals surface area (Å²) in [7, 11) is 1.29. The second-order valence-electron chi connectivity index (χ2n) is 5.20. The Morgan fingerprint density at radius 2 is 2.08 bits per heavy atom. The maximum atomic E-state index is 11.6. The van der Waals surface area contributed by atoms with Crippen LogP contribution in [0.5, 0.6) is 5.75 Å². The van der Waals surface area contributed by atoms with Gasteiger partial charge in [-0.05, 0) is 36.8 Å². The standard InChI is InChI=1S/C16H17N3O6S/c1-9(15(23)24-2)25-11-5-3-10(4-6-11)8-17-19-16-18-14(22)12(26-16)7-13(20)21/h3-6,8-9,12H,7H2,1-2H3,(H,20,21)(H,18,19,22). The van der Waals surface area contributed by atoms with E-state index < -0.39 is 29.2 Å². The molecule has 0 saturated carbocycles. The molecular formula is C16H17N3O6S. The quantitative estimate of drug-likeness (QED) is 0.411. The molecule has 0 spiro atoms. The van der Waals surface area contributed by atoms with Gasteiger partial charge >= 0.3 is 11.9 Å². The molecule has 1 heterocycles. The fourth-order valence-electron chi connectivity index (χ4n) is 1.94. The number of rotatable bonds is 7. The van der Waals surface area contributed by atoms with Gasteiger partial charge in [0, 0.05) is 0 Å². The molecule has 2 atom stereocenters. The van der Waals surface area contributed by atoms with Crippen molar-refractivity contribution in [2.45, 2.75) is 24.7 Å². The number of methoxy groups -OCH3 is 1. The Bertz CT molecular complexity index is 747. The van der Waals surface area contributed by atoms with Crippen molar-refractivity contribution in [3.8, 4) is 5.75 Å². The SMILES string of the molecule is COC(=O)C(C)Oc1ccc(C=NN=C2NC(=O)C(CC(=O)O)S2)cc1. The van der Waals surface area contributed by atoms with Gasteiger partial charge in [-0.1, -0.05) is 11.8 Å². The van der Waals surface area contributed by atoms with Crippen LogP contribution in [-0.2, 0) is 19.1 Å². The number of aliphatic carboxylic acids is 1. The van der Waals surface area contributed by atoms with Gasteiger partial charge in [-0.2, -0.15) is 5.10 Å². The summed E-state index contributed by atoms with van der Waals surface area (Å²) in [4.78, 5) is 33.5. The van der Waals surface area contributed by atoms with Gasteiger partial charge in [-0.3, -0.25) is 9.59 Å². The second kappa shape index (κ2) is 8.99. The third-order valence-corrected chi connectivity index (χ3v) is 4.29. The Balaban J connectivity index is 1.92. The van der Waals surface area contributed by atoms with E-state index >= 15 is 0 Å². The molecular weight excluding hydrogens is 362 g/mol. The highest BCUT2D eigenvalue weighted by molar-refractivity contribution is 8.15. The van der Waals surface area contributed by atoms with Gasteiger partial charge in [0.15, 0.2) is 11.3 Å². The minimum absolute atomic E-state index is 0.254. The number of amidine groups is 1. The first-order valence-corrected chi connectivity index (χ1v) is 8.42. The molecule has 0 radical (unpaired) electrons. The number of amides is 1. The highest BCUT2D eigenvalue weighted by Crippen LogP contribution is 2.22. The molecule has 1 aromatic carbocycles. The summed E-state index contributed by atoms with van der Waals surface area (Å²) in [5, 5.41) is 18.5. The van der Waals surface area contributed by atoms with Gasteiger partial charge in [0.2, 0.25) is 5.91 Å². The highest BCUT2D eigenvalue weighted by Gasteiger charge is 2.32. The van der Waals surface area contributed by atoms with Crippen LogP contribution in [-0.4, -0.2) is 52.8 Å². The van der Waals surface area contributed by atoms with Crippen LogP contribution in [0.25, 0.3) is 0 Å². The maximum Gasteiger partial charge on any atom is 0.346 e. The van der Waals surface area contributed by atoms with Gasteiger partial charge in [0.1, 0.15) is 11.0 Å². The molecule has 1 saturated heterocycles. The Morgan fingerprint density at radius 3 is 2.69 bits per heavy atom. The first-order chi connectivity index (χ1) is 12.4. The summed E-state index contributed by atoms with van der Waals surface area (Å²) < 4.78 is 10.00. The Kier molecular flexibility index (Phi) is 6.73. The predicted molar refractivity (Wildman–Crippen MR) is 95.4 cm³/mol. The number of hydrogen-bond acceptors (Lipinski definition) is 8. The number of carbonyl (C=O) groups is 3. The lowest BCUT2D eigenvalue weighted by Gasteiger charge is -2.12. The number of carbonyl (C=O) groups excluding carboxylic acids is 2. The minimum Gasteiger partial charge on any atom is -0.481 e. The molecule has 10 heteroatoms. The molecule has 1 aliphatic rings. The van der Waals surface area contributed by atoms with Crippen LogP contribution in [0.2, 0.25) is 0 Å². The molecule has 0 bridgehead atoms. The summed E-state index contributed by atoms with van der Waals surface area (Å²) in [6.45, 7) is 1.59. The number of ether oxygens (including phenoxy) is 2. The topological polar surface area (TPSA) is 127 Å². The van der Waals surface area contributed by atoms with Crippen molar-refractivity contribution < 1.29 is 29.0 Å². The summed E-state index contributed by atoms with van der Waals surface area (Å²) in [5.41, 5.74) is 0.726. The summed E-state index contributed by atoms with van der Waals surface area (Å²) >= 11 is 1.03. The molecule has 2 unspecified atom stereocenters. The Labute approximate surface area is 153 Å². The summed E-state index contributed by atoms with van der Waals surface area (Å²) in [5.74, 6) is -1.41. The van der Waals surface area contributed by atoms with Crippen LogP contribution in [0.3, 0.4) is 0 Å². The smallest absolute Gasteiger partial charge is 0.346 e. The fourth-order valence-corrected chi connectivity index (χ4v) is 2.86. The van der Waals surface area contributed by atoms with E-state index in [1.807, 2.05) is 0 Å². The van der Waals surface area contributed by atoms with Crippen LogP contribution < -0.4 is 10.1 Å². The van der Waals surface area contributed by atoms with E-state index in [9.17, 15) is 14.4 Å². The largest absolute Gasteiger partial charge is 0.481 e. The van der Waals surface area contributed by atoms with Gasteiger partial charge < -0.3 is 19.9 Å². The molecule has 1 aromatic rings. The lowest BCUT2D eigenvalue weighted by molar-refractivity contribution is -0.148. The molecule has 2 N–H and O–H groups in total. The first kappa shape index (κ1) is 19.4. The van der Waals surface area contributed by atoms with E-state index in [0.29, 0.717) is 5.75 Å². The molecule has 1 aliphatic heterocycles. The van der Waals surface area contributed by atoms with E-state index in [0.717, 1.165) is 17.3 Å². The number of carboxylic acid groups (broad SMARTS) is 1. The lowest BCUT2D eigenvalue weighted by Crippen LogP contribution is -2.26. The summed E-state index contributed by atoms with van der Waals surface area (Å²) in [6, 6.07) is 6.78. The molecule has 138 valence electrons. The third kappa shape index (κ3) is 5.59. The maximum absolute atomic E-state index is 11.6. The Hall–Kier alpha value is -2.88. The lowest BCUT2D eigenvalue weighted by atomic mass is 10.2. The zero-order chi connectivity index (χ0) is 19.1. The number of benzene rings is 1. The number of hydrogen-bond donors (Lipinski definition) is 2. The predicted octanol–water partition coefficient (Wildman–Crippen LogP) is 1.02. The van der Waals surface area contributed by atoms with E-state index in [1.165, 1.54) is 13.3 Å². The zero-order valence-corrected chi connectivity index (χ0v) is 14.9. The van der Waals surface area contributed by atoms with E-state index in [1.54, 1.807) is 31.2 Å². The van der Waals surface area contributed by atoms with Crippen molar-refractivity contribution >= 4 is 41.0 Å². The molecule has 1 fully saturated rings. The summed E-state index contributed by atoms with van der Waals surface area (Å²) in [6.07, 6.45) is 0.482. The van der Waals surface area contributed by atoms with Gasteiger partial charge in [-0.15, -0.1) is 5.10 Å². The van der Waals surface area contributed by atoms with Crippen LogP contribution in [0, 0.1) is 0 Å². The van der Waals surface area contributed by atoms with Crippen molar-refractivity contribution in [3.63, 3.8) is 0 Å². The highest BCUT2D eigenvalue weighted by atomic mass is 32.2.